The number of nitrogens with zero attached hydrogens (tertiary/aromatic N) is 1. The van der Waals surface area contributed by atoms with E-state index in [9.17, 15) is 19.2 Å². The number of hydrogen-bond donors (Lipinski definition) is 2. The molecule has 0 spiro atoms. The number of amides is 3. The number of carbonyl (C=O) groups excluding carboxylic acids is 4. The third-order valence-corrected chi connectivity index (χ3v) is 6.24. The van der Waals surface area contributed by atoms with Gasteiger partial charge in [-0.1, -0.05) is 43.7 Å². The van der Waals surface area contributed by atoms with Gasteiger partial charge in [0.2, 0.25) is 11.8 Å². The van der Waals surface area contributed by atoms with E-state index in [0.717, 1.165) is 24.8 Å². The van der Waals surface area contributed by atoms with Crippen molar-refractivity contribution in [2.75, 3.05) is 13.2 Å². The molecule has 9 heteroatoms. The van der Waals surface area contributed by atoms with Crippen molar-refractivity contribution in [3.63, 3.8) is 0 Å². The summed E-state index contributed by atoms with van der Waals surface area (Å²) >= 11 is 0. The monoisotopic (exact) mass is 531 g/mol. The SMILES string of the molecule is CCOC(=O)CCNC(=O)C(c1cccc(C)c1)N(C(=O)C(CC(C)C)NC(=O)OC(C)(C)C)C1CCC1. The van der Waals surface area contributed by atoms with Crippen molar-refractivity contribution in [3.05, 3.63) is 35.4 Å². The van der Waals surface area contributed by atoms with Crippen LogP contribution in [0.2, 0.25) is 0 Å². The van der Waals surface area contributed by atoms with Crippen molar-refractivity contribution in [1.29, 1.82) is 0 Å². The van der Waals surface area contributed by atoms with Gasteiger partial charge in [0.25, 0.3) is 0 Å². The highest BCUT2D eigenvalue weighted by atomic mass is 16.6. The van der Waals surface area contributed by atoms with Crippen LogP contribution in [-0.4, -0.2) is 59.6 Å². The van der Waals surface area contributed by atoms with Crippen LogP contribution in [0.25, 0.3) is 0 Å². The van der Waals surface area contributed by atoms with Crippen molar-refractivity contribution < 1.29 is 28.7 Å². The summed E-state index contributed by atoms with van der Waals surface area (Å²) < 4.78 is 10.4. The number of nitrogens with one attached hydrogen (secondary N) is 2. The van der Waals surface area contributed by atoms with Crippen molar-refractivity contribution in [3.8, 4) is 0 Å². The summed E-state index contributed by atoms with van der Waals surface area (Å²) in [5, 5.41) is 5.61. The topological polar surface area (TPSA) is 114 Å². The molecule has 0 bridgehead atoms. The Labute approximate surface area is 227 Å². The summed E-state index contributed by atoms with van der Waals surface area (Å²) in [6.07, 6.45) is 2.25. The second-order valence-corrected chi connectivity index (χ2v) is 11.3. The zero-order valence-electron chi connectivity index (χ0n) is 24.0. The molecule has 212 valence electrons. The van der Waals surface area contributed by atoms with Crippen molar-refractivity contribution in [2.24, 2.45) is 5.92 Å². The molecule has 2 unspecified atom stereocenters. The highest BCUT2D eigenvalue weighted by Gasteiger charge is 2.42. The maximum Gasteiger partial charge on any atom is 0.408 e. The van der Waals surface area contributed by atoms with Crippen LogP contribution in [0.1, 0.15) is 90.8 Å². The van der Waals surface area contributed by atoms with Crippen LogP contribution < -0.4 is 10.6 Å². The number of esters is 1. The van der Waals surface area contributed by atoms with Gasteiger partial charge in [0.1, 0.15) is 17.7 Å². The molecule has 2 rings (SSSR count). The molecule has 1 aliphatic carbocycles. The summed E-state index contributed by atoms with van der Waals surface area (Å²) in [7, 11) is 0. The Hall–Kier alpha value is -3.10. The van der Waals surface area contributed by atoms with E-state index in [-0.39, 0.29) is 43.3 Å². The molecule has 0 aromatic heterocycles. The van der Waals surface area contributed by atoms with Gasteiger partial charge in [-0.05, 0) is 71.8 Å². The average Bonchev–Trinajstić information content (AvgIpc) is 2.75. The van der Waals surface area contributed by atoms with E-state index < -0.39 is 29.7 Å². The Bertz CT molecular complexity index is 967. The number of rotatable bonds is 12. The quantitative estimate of drug-likeness (QED) is 0.386. The highest BCUT2D eigenvalue weighted by Crippen LogP contribution is 2.34. The Morgan fingerprint density at radius 3 is 2.34 bits per heavy atom. The summed E-state index contributed by atoms with van der Waals surface area (Å²) in [4.78, 5) is 54.0. The fourth-order valence-electron chi connectivity index (χ4n) is 4.40. The number of carbonyl (C=O) groups is 4. The predicted molar refractivity (Wildman–Crippen MR) is 145 cm³/mol. The van der Waals surface area contributed by atoms with Crippen molar-refractivity contribution in [1.82, 2.24) is 15.5 Å². The van der Waals surface area contributed by atoms with Crippen LogP contribution >= 0.6 is 0 Å². The van der Waals surface area contributed by atoms with E-state index in [1.165, 1.54) is 0 Å². The molecule has 2 N–H and O–H groups in total. The van der Waals surface area contributed by atoms with Crippen LogP contribution in [-0.2, 0) is 23.9 Å². The molecular formula is C29H45N3O6. The first-order valence-corrected chi connectivity index (χ1v) is 13.6. The Morgan fingerprint density at radius 1 is 1.13 bits per heavy atom. The van der Waals surface area contributed by atoms with Gasteiger partial charge in [-0.25, -0.2) is 4.79 Å². The van der Waals surface area contributed by atoms with E-state index in [2.05, 4.69) is 10.6 Å². The van der Waals surface area contributed by atoms with E-state index in [4.69, 9.17) is 9.47 Å². The molecule has 38 heavy (non-hydrogen) atoms. The molecule has 9 nitrogen and oxygen atoms in total. The first-order chi connectivity index (χ1) is 17.8. The van der Waals surface area contributed by atoms with E-state index in [1.807, 2.05) is 45.0 Å². The largest absolute Gasteiger partial charge is 0.466 e. The molecule has 1 fully saturated rings. The average molecular weight is 532 g/mol. The molecule has 1 saturated carbocycles. The van der Waals surface area contributed by atoms with E-state index in [0.29, 0.717) is 12.0 Å². The number of ether oxygens (including phenoxy) is 2. The lowest BCUT2D eigenvalue weighted by atomic mass is 9.87. The van der Waals surface area contributed by atoms with Gasteiger partial charge in [0.15, 0.2) is 0 Å². The minimum atomic E-state index is -0.912. The van der Waals surface area contributed by atoms with Crippen molar-refractivity contribution >= 4 is 23.9 Å². The number of benzene rings is 1. The van der Waals surface area contributed by atoms with Gasteiger partial charge in [-0.3, -0.25) is 14.4 Å². The molecule has 2 atom stereocenters. The number of aryl methyl sites for hydroxylation is 1. The number of alkyl carbamates (subject to hydrolysis) is 1. The lowest BCUT2D eigenvalue weighted by Gasteiger charge is -2.44. The van der Waals surface area contributed by atoms with Crippen molar-refractivity contribution in [2.45, 2.75) is 104 Å². The third kappa shape index (κ3) is 9.65. The summed E-state index contributed by atoms with van der Waals surface area (Å²) in [5.74, 6) is -0.981. The number of hydrogen-bond acceptors (Lipinski definition) is 6. The lowest BCUT2D eigenvalue weighted by Crippen LogP contribution is -2.57. The van der Waals surface area contributed by atoms with Crippen LogP contribution in [0.5, 0.6) is 0 Å². The van der Waals surface area contributed by atoms with Gasteiger partial charge in [0.05, 0.1) is 13.0 Å². The van der Waals surface area contributed by atoms with Gasteiger partial charge in [0, 0.05) is 12.6 Å². The van der Waals surface area contributed by atoms with Gasteiger partial charge < -0.3 is 25.0 Å². The second-order valence-electron chi connectivity index (χ2n) is 11.3. The minimum absolute atomic E-state index is 0.0354. The summed E-state index contributed by atoms with van der Waals surface area (Å²) in [5.41, 5.74) is 0.921. The van der Waals surface area contributed by atoms with Gasteiger partial charge >= 0.3 is 12.1 Å². The van der Waals surface area contributed by atoms with E-state index in [1.54, 1.807) is 32.6 Å². The minimum Gasteiger partial charge on any atom is -0.466 e. The van der Waals surface area contributed by atoms with Crippen LogP contribution in [0.15, 0.2) is 24.3 Å². The zero-order chi connectivity index (χ0) is 28.5. The van der Waals surface area contributed by atoms with Crippen LogP contribution in [0, 0.1) is 12.8 Å². The molecular weight excluding hydrogens is 486 g/mol. The Balaban J connectivity index is 2.41. The molecule has 0 radical (unpaired) electrons. The predicted octanol–water partition coefficient (Wildman–Crippen LogP) is 4.43. The van der Waals surface area contributed by atoms with Crippen LogP contribution in [0.3, 0.4) is 0 Å². The summed E-state index contributed by atoms with van der Waals surface area (Å²) in [6.45, 7) is 13.3. The first kappa shape index (κ1) is 31.1. The molecule has 0 saturated heterocycles. The maximum atomic E-state index is 14.2. The highest BCUT2D eigenvalue weighted by molar-refractivity contribution is 5.92. The zero-order valence-corrected chi connectivity index (χ0v) is 24.0. The van der Waals surface area contributed by atoms with Gasteiger partial charge in [-0.2, -0.15) is 0 Å². The summed E-state index contributed by atoms with van der Waals surface area (Å²) in [6, 6.07) is 5.61. The van der Waals surface area contributed by atoms with Crippen LogP contribution in [0.4, 0.5) is 4.79 Å². The fourth-order valence-corrected chi connectivity index (χ4v) is 4.40. The molecule has 1 aromatic rings. The third-order valence-electron chi connectivity index (χ3n) is 6.24. The lowest BCUT2D eigenvalue weighted by molar-refractivity contribution is -0.148. The fraction of sp³-hybridized carbons (Fsp3) is 0.655. The Morgan fingerprint density at radius 2 is 1.82 bits per heavy atom. The molecule has 3 amide bonds. The molecule has 0 aliphatic heterocycles. The Kier molecular flexibility index (Phi) is 11.6. The normalized spacial score (nSPS) is 15.2. The second kappa shape index (κ2) is 14.2. The molecule has 0 heterocycles. The molecule has 1 aromatic carbocycles. The van der Waals surface area contributed by atoms with Gasteiger partial charge in [-0.15, -0.1) is 0 Å². The smallest absolute Gasteiger partial charge is 0.408 e. The molecule has 1 aliphatic rings. The standard InChI is InChI=1S/C29H45N3O6/c1-8-37-24(33)15-16-30-26(34)25(21-12-9-11-20(4)18-21)32(22-13-10-14-22)27(35)23(17-19(2)3)31-28(36)38-29(5,6)7/h9,11-12,18-19,22-23,25H,8,10,13-17H2,1-7H3,(H,30,34)(H,31,36). The first-order valence-electron chi connectivity index (χ1n) is 13.6. The maximum absolute atomic E-state index is 14.2. The van der Waals surface area contributed by atoms with E-state index >= 15 is 0 Å².